The van der Waals surface area contributed by atoms with Crippen LogP contribution in [0.25, 0.3) is 0 Å². The van der Waals surface area contributed by atoms with Crippen LogP contribution in [0.5, 0.6) is 0 Å². The SMILES string of the molecule is CC1(C)CN(c2cccc3c2CCNC3)CCO1. The monoisotopic (exact) mass is 246 g/mol. The Morgan fingerprint density at radius 3 is 3.06 bits per heavy atom. The van der Waals surface area contributed by atoms with E-state index in [2.05, 4.69) is 42.3 Å². The number of hydrogen-bond acceptors (Lipinski definition) is 3. The molecule has 0 radical (unpaired) electrons. The van der Waals surface area contributed by atoms with Gasteiger partial charge in [-0.3, -0.25) is 0 Å². The molecule has 1 aromatic carbocycles. The molecule has 2 aliphatic rings. The van der Waals surface area contributed by atoms with Crippen molar-refractivity contribution in [2.24, 2.45) is 0 Å². The lowest BCUT2D eigenvalue weighted by Gasteiger charge is -2.41. The van der Waals surface area contributed by atoms with Gasteiger partial charge in [0, 0.05) is 25.3 Å². The van der Waals surface area contributed by atoms with Crippen LogP contribution in [0.15, 0.2) is 18.2 Å². The summed E-state index contributed by atoms with van der Waals surface area (Å²) in [5, 5.41) is 3.44. The largest absolute Gasteiger partial charge is 0.372 e. The number of nitrogens with zero attached hydrogens (tertiary/aromatic N) is 1. The van der Waals surface area contributed by atoms with Crippen LogP contribution < -0.4 is 10.2 Å². The quantitative estimate of drug-likeness (QED) is 0.819. The van der Waals surface area contributed by atoms with Gasteiger partial charge in [0.05, 0.1) is 12.2 Å². The molecule has 3 heteroatoms. The minimum absolute atomic E-state index is 0.0338. The van der Waals surface area contributed by atoms with Gasteiger partial charge in [-0.25, -0.2) is 0 Å². The predicted octanol–water partition coefficient (Wildman–Crippen LogP) is 1.95. The molecule has 2 heterocycles. The topological polar surface area (TPSA) is 24.5 Å². The number of fused-ring (bicyclic) bond motifs is 1. The second-order valence-corrected chi connectivity index (χ2v) is 5.87. The van der Waals surface area contributed by atoms with Crippen LogP contribution in [0.4, 0.5) is 5.69 Å². The number of benzene rings is 1. The number of hydrogen-bond donors (Lipinski definition) is 1. The molecule has 3 nitrogen and oxygen atoms in total. The molecule has 2 aliphatic heterocycles. The third kappa shape index (κ3) is 2.25. The van der Waals surface area contributed by atoms with Gasteiger partial charge in [-0.1, -0.05) is 12.1 Å². The van der Waals surface area contributed by atoms with Crippen LogP contribution in [0.1, 0.15) is 25.0 Å². The van der Waals surface area contributed by atoms with E-state index < -0.39 is 0 Å². The van der Waals surface area contributed by atoms with Crippen molar-refractivity contribution in [1.29, 1.82) is 0 Å². The Morgan fingerprint density at radius 2 is 2.22 bits per heavy atom. The van der Waals surface area contributed by atoms with Gasteiger partial charge in [0.15, 0.2) is 0 Å². The van der Waals surface area contributed by atoms with Crippen LogP contribution in [0.2, 0.25) is 0 Å². The van der Waals surface area contributed by atoms with Gasteiger partial charge in [-0.2, -0.15) is 0 Å². The normalized spacial score (nSPS) is 22.7. The lowest BCUT2D eigenvalue weighted by molar-refractivity contribution is -0.0277. The molecule has 1 saturated heterocycles. The lowest BCUT2D eigenvalue weighted by atomic mass is 9.97. The molecule has 3 rings (SSSR count). The Hall–Kier alpha value is -1.06. The number of morpholine rings is 1. The zero-order chi connectivity index (χ0) is 12.6. The Bertz CT molecular complexity index is 442. The van der Waals surface area contributed by atoms with Crippen molar-refractivity contribution in [3.63, 3.8) is 0 Å². The average Bonchev–Trinajstić information content (AvgIpc) is 2.37. The molecule has 0 aliphatic carbocycles. The van der Waals surface area contributed by atoms with Gasteiger partial charge in [0.2, 0.25) is 0 Å². The van der Waals surface area contributed by atoms with E-state index >= 15 is 0 Å². The van der Waals surface area contributed by atoms with E-state index in [-0.39, 0.29) is 5.60 Å². The van der Waals surface area contributed by atoms with Crippen molar-refractivity contribution in [3.05, 3.63) is 29.3 Å². The molecule has 0 amide bonds. The second-order valence-electron chi connectivity index (χ2n) is 5.87. The van der Waals surface area contributed by atoms with Gasteiger partial charge < -0.3 is 15.0 Å². The summed E-state index contributed by atoms with van der Waals surface area (Å²) in [7, 11) is 0. The summed E-state index contributed by atoms with van der Waals surface area (Å²) >= 11 is 0. The Labute approximate surface area is 109 Å². The van der Waals surface area contributed by atoms with Crippen LogP contribution >= 0.6 is 0 Å². The average molecular weight is 246 g/mol. The van der Waals surface area contributed by atoms with Crippen LogP contribution in [0, 0.1) is 0 Å². The van der Waals surface area contributed by atoms with Crippen molar-refractivity contribution in [1.82, 2.24) is 5.32 Å². The zero-order valence-corrected chi connectivity index (χ0v) is 11.3. The molecule has 98 valence electrons. The molecular formula is C15H22N2O. The Morgan fingerprint density at radius 1 is 1.33 bits per heavy atom. The molecule has 0 aromatic heterocycles. The molecule has 0 atom stereocenters. The second kappa shape index (κ2) is 4.56. The maximum atomic E-state index is 5.81. The third-order valence-corrected chi connectivity index (χ3v) is 3.88. The van der Waals surface area contributed by atoms with E-state index in [1.807, 2.05) is 0 Å². The summed E-state index contributed by atoms with van der Waals surface area (Å²) in [5.74, 6) is 0. The fourth-order valence-electron chi connectivity index (χ4n) is 3.03. The van der Waals surface area contributed by atoms with Crippen LogP contribution in [-0.2, 0) is 17.7 Å². The minimum Gasteiger partial charge on any atom is -0.372 e. The van der Waals surface area contributed by atoms with E-state index in [9.17, 15) is 0 Å². The van der Waals surface area contributed by atoms with Gasteiger partial charge in [0.25, 0.3) is 0 Å². The fraction of sp³-hybridized carbons (Fsp3) is 0.600. The summed E-state index contributed by atoms with van der Waals surface area (Å²) in [6, 6.07) is 6.70. The van der Waals surface area contributed by atoms with E-state index in [0.29, 0.717) is 0 Å². The van der Waals surface area contributed by atoms with Crippen LogP contribution in [-0.4, -0.2) is 31.8 Å². The van der Waals surface area contributed by atoms with Gasteiger partial charge in [-0.05, 0) is 44.0 Å². The molecule has 0 bridgehead atoms. The number of rotatable bonds is 1. The first-order valence-corrected chi connectivity index (χ1v) is 6.86. The van der Waals surface area contributed by atoms with E-state index in [4.69, 9.17) is 4.74 Å². The summed E-state index contributed by atoms with van der Waals surface area (Å²) in [5.41, 5.74) is 4.39. The predicted molar refractivity (Wildman–Crippen MR) is 74.1 cm³/mol. The van der Waals surface area contributed by atoms with Crippen molar-refractivity contribution < 1.29 is 4.74 Å². The first-order valence-electron chi connectivity index (χ1n) is 6.86. The van der Waals surface area contributed by atoms with Gasteiger partial charge in [0.1, 0.15) is 0 Å². The van der Waals surface area contributed by atoms with Crippen molar-refractivity contribution in [2.75, 3.05) is 31.1 Å². The highest BCUT2D eigenvalue weighted by atomic mass is 16.5. The molecular weight excluding hydrogens is 224 g/mol. The molecule has 0 unspecified atom stereocenters. The lowest BCUT2D eigenvalue weighted by Crippen LogP contribution is -2.48. The first-order chi connectivity index (χ1) is 8.66. The maximum absolute atomic E-state index is 5.81. The van der Waals surface area contributed by atoms with E-state index in [0.717, 1.165) is 39.2 Å². The summed E-state index contributed by atoms with van der Waals surface area (Å²) in [4.78, 5) is 2.49. The van der Waals surface area contributed by atoms with Gasteiger partial charge in [-0.15, -0.1) is 0 Å². The zero-order valence-electron chi connectivity index (χ0n) is 11.3. The standard InChI is InChI=1S/C15H22N2O/c1-15(2)11-17(8-9-18-15)14-5-3-4-12-10-16-7-6-13(12)14/h3-5,16H,6-11H2,1-2H3. The third-order valence-electron chi connectivity index (χ3n) is 3.88. The minimum atomic E-state index is -0.0338. The highest BCUT2D eigenvalue weighted by molar-refractivity contribution is 5.58. The number of nitrogens with one attached hydrogen (secondary N) is 1. The summed E-state index contributed by atoms with van der Waals surface area (Å²) < 4.78 is 5.81. The highest BCUT2D eigenvalue weighted by Crippen LogP contribution is 2.29. The molecule has 1 N–H and O–H groups in total. The van der Waals surface area contributed by atoms with E-state index in [1.165, 1.54) is 16.8 Å². The highest BCUT2D eigenvalue weighted by Gasteiger charge is 2.28. The fourth-order valence-corrected chi connectivity index (χ4v) is 3.03. The number of anilines is 1. The smallest absolute Gasteiger partial charge is 0.0801 e. The summed E-state index contributed by atoms with van der Waals surface area (Å²) in [6.07, 6.45) is 1.14. The first kappa shape index (κ1) is 12.0. The molecule has 0 spiro atoms. The van der Waals surface area contributed by atoms with Crippen molar-refractivity contribution in [2.45, 2.75) is 32.4 Å². The van der Waals surface area contributed by atoms with Gasteiger partial charge >= 0.3 is 0 Å². The maximum Gasteiger partial charge on any atom is 0.0801 e. The Balaban J connectivity index is 1.92. The van der Waals surface area contributed by atoms with Crippen molar-refractivity contribution >= 4 is 5.69 Å². The number of ether oxygens (including phenoxy) is 1. The Kier molecular flexibility index (Phi) is 3.04. The molecule has 18 heavy (non-hydrogen) atoms. The van der Waals surface area contributed by atoms with Crippen LogP contribution in [0.3, 0.4) is 0 Å². The summed E-state index contributed by atoms with van der Waals surface area (Å²) in [6.45, 7) is 9.28. The van der Waals surface area contributed by atoms with E-state index in [1.54, 1.807) is 0 Å². The van der Waals surface area contributed by atoms with Crippen molar-refractivity contribution in [3.8, 4) is 0 Å². The molecule has 1 fully saturated rings. The molecule has 0 saturated carbocycles. The molecule has 1 aromatic rings.